The standard InChI is InChI=1S/C17H15ClO4/c1-10-3-5-12(9-14(10)18)13(17(20)21)7-11-4-6-16(22-2)15(19)8-11/h3-9,19H,1-2H3,(H,20,21)/b13-7-. The molecule has 22 heavy (non-hydrogen) atoms. The van der Waals surface area contributed by atoms with Gasteiger partial charge in [-0.3, -0.25) is 0 Å². The summed E-state index contributed by atoms with van der Waals surface area (Å²) in [5.41, 5.74) is 2.01. The molecule has 2 N–H and O–H groups in total. The van der Waals surface area contributed by atoms with Crippen molar-refractivity contribution >= 4 is 29.2 Å². The molecule has 0 aromatic heterocycles. The van der Waals surface area contributed by atoms with Gasteiger partial charge in [0.2, 0.25) is 0 Å². The van der Waals surface area contributed by atoms with Crippen molar-refractivity contribution in [1.82, 2.24) is 0 Å². The number of phenols is 1. The van der Waals surface area contributed by atoms with Crippen LogP contribution in [0.4, 0.5) is 0 Å². The van der Waals surface area contributed by atoms with E-state index in [2.05, 4.69) is 0 Å². The zero-order valence-corrected chi connectivity index (χ0v) is 12.9. The second-order valence-electron chi connectivity index (χ2n) is 4.76. The summed E-state index contributed by atoms with van der Waals surface area (Å²) in [7, 11) is 1.45. The Balaban J connectivity index is 2.49. The number of aliphatic carboxylic acids is 1. The number of halogens is 1. The minimum Gasteiger partial charge on any atom is -0.504 e. The SMILES string of the molecule is COc1ccc(/C=C(\C(=O)O)c2ccc(C)c(Cl)c2)cc1O. The summed E-state index contributed by atoms with van der Waals surface area (Å²) < 4.78 is 4.96. The van der Waals surface area contributed by atoms with Crippen molar-refractivity contribution in [2.45, 2.75) is 6.92 Å². The number of carboxylic acids is 1. The number of aryl methyl sites for hydroxylation is 1. The van der Waals surface area contributed by atoms with E-state index in [9.17, 15) is 15.0 Å². The van der Waals surface area contributed by atoms with Gasteiger partial charge in [-0.25, -0.2) is 4.79 Å². The Morgan fingerprint density at radius 1 is 1.23 bits per heavy atom. The van der Waals surface area contributed by atoms with E-state index in [4.69, 9.17) is 16.3 Å². The number of hydrogen-bond acceptors (Lipinski definition) is 3. The number of phenolic OH excluding ortho intramolecular Hbond substituents is 1. The maximum absolute atomic E-state index is 11.5. The molecule has 0 atom stereocenters. The Hall–Kier alpha value is -2.46. The van der Waals surface area contributed by atoms with Gasteiger partial charge in [-0.05, 0) is 47.9 Å². The molecular formula is C17H15ClO4. The van der Waals surface area contributed by atoms with Crippen LogP contribution < -0.4 is 4.74 Å². The zero-order chi connectivity index (χ0) is 16.3. The fraction of sp³-hybridized carbons (Fsp3) is 0.118. The van der Waals surface area contributed by atoms with E-state index in [-0.39, 0.29) is 11.3 Å². The van der Waals surface area contributed by atoms with Crippen molar-refractivity contribution in [1.29, 1.82) is 0 Å². The molecule has 0 saturated carbocycles. The Morgan fingerprint density at radius 2 is 1.95 bits per heavy atom. The molecule has 0 fully saturated rings. The van der Waals surface area contributed by atoms with Gasteiger partial charge in [0.05, 0.1) is 12.7 Å². The average molecular weight is 319 g/mol. The number of ether oxygens (including phenoxy) is 1. The molecule has 0 radical (unpaired) electrons. The number of carboxylic acid groups (broad SMARTS) is 1. The molecule has 2 aromatic carbocycles. The monoisotopic (exact) mass is 318 g/mol. The van der Waals surface area contributed by atoms with E-state index in [1.165, 1.54) is 19.3 Å². The van der Waals surface area contributed by atoms with E-state index in [0.29, 0.717) is 21.9 Å². The molecule has 0 unspecified atom stereocenters. The minimum absolute atomic E-state index is 0.0528. The summed E-state index contributed by atoms with van der Waals surface area (Å²) in [4.78, 5) is 11.5. The van der Waals surface area contributed by atoms with Crippen molar-refractivity contribution in [3.8, 4) is 11.5 Å². The van der Waals surface area contributed by atoms with E-state index >= 15 is 0 Å². The summed E-state index contributed by atoms with van der Waals surface area (Å²) in [6, 6.07) is 9.75. The lowest BCUT2D eigenvalue weighted by atomic mass is 10.0. The molecule has 0 aliphatic heterocycles. The lowest BCUT2D eigenvalue weighted by Crippen LogP contribution is -2.00. The highest BCUT2D eigenvalue weighted by Crippen LogP contribution is 2.29. The molecule has 0 bridgehead atoms. The number of carbonyl (C=O) groups is 1. The zero-order valence-electron chi connectivity index (χ0n) is 12.1. The Labute approximate surface area is 133 Å². The number of hydrogen-bond donors (Lipinski definition) is 2. The van der Waals surface area contributed by atoms with Crippen LogP contribution in [0.15, 0.2) is 36.4 Å². The first kappa shape index (κ1) is 15.9. The normalized spacial score (nSPS) is 11.3. The van der Waals surface area contributed by atoms with Crippen LogP contribution in [0, 0.1) is 6.92 Å². The third-order valence-electron chi connectivity index (χ3n) is 3.23. The first-order chi connectivity index (χ1) is 10.4. The van der Waals surface area contributed by atoms with Crippen LogP contribution in [-0.4, -0.2) is 23.3 Å². The summed E-state index contributed by atoms with van der Waals surface area (Å²) in [5.74, 6) is -0.800. The van der Waals surface area contributed by atoms with Gasteiger partial charge in [-0.2, -0.15) is 0 Å². The average Bonchev–Trinajstić information content (AvgIpc) is 2.47. The first-order valence-electron chi connectivity index (χ1n) is 6.51. The van der Waals surface area contributed by atoms with Crippen LogP contribution in [-0.2, 0) is 4.79 Å². The third-order valence-corrected chi connectivity index (χ3v) is 3.63. The molecule has 0 aliphatic carbocycles. The van der Waals surface area contributed by atoms with Gasteiger partial charge in [0.15, 0.2) is 11.5 Å². The Morgan fingerprint density at radius 3 is 2.50 bits per heavy atom. The van der Waals surface area contributed by atoms with Gasteiger partial charge in [-0.1, -0.05) is 29.8 Å². The van der Waals surface area contributed by atoms with E-state index in [1.54, 1.807) is 30.3 Å². The molecular weight excluding hydrogens is 304 g/mol. The van der Waals surface area contributed by atoms with Gasteiger partial charge < -0.3 is 14.9 Å². The number of benzene rings is 2. The van der Waals surface area contributed by atoms with E-state index in [0.717, 1.165) is 5.56 Å². The van der Waals surface area contributed by atoms with Crippen LogP contribution in [0.2, 0.25) is 5.02 Å². The second kappa shape index (κ2) is 6.54. The maximum Gasteiger partial charge on any atom is 0.336 e. The lowest BCUT2D eigenvalue weighted by molar-refractivity contribution is -0.130. The van der Waals surface area contributed by atoms with Crippen LogP contribution in [0.25, 0.3) is 11.6 Å². The Kier molecular flexibility index (Phi) is 4.73. The largest absolute Gasteiger partial charge is 0.504 e. The quantitative estimate of drug-likeness (QED) is 0.661. The van der Waals surface area contributed by atoms with Crippen LogP contribution in [0.1, 0.15) is 16.7 Å². The highest BCUT2D eigenvalue weighted by atomic mass is 35.5. The predicted molar refractivity (Wildman–Crippen MR) is 86.4 cm³/mol. The molecule has 0 amide bonds. The topological polar surface area (TPSA) is 66.8 Å². The van der Waals surface area contributed by atoms with Crippen molar-refractivity contribution in [3.63, 3.8) is 0 Å². The molecule has 4 nitrogen and oxygen atoms in total. The predicted octanol–water partition coefficient (Wildman–Crippen LogP) is 3.99. The summed E-state index contributed by atoms with van der Waals surface area (Å²) >= 11 is 6.05. The maximum atomic E-state index is 11.5. The fourth-order valence-electron chi connectivity index (χ4n) is 1.99. The minimum atomic E-state index is -1.07. The molecule has 0 heterocycles. The fourth-order valence-corrected chi connectivity index (χ4v) is 2.17. The second-order valence-corrected chi connectivity index (χ2v) is 5.17. The molecule has 2 rings (SSSR count). The van der Waals surface area contributed by atoms with Gasteiger partial charge in [0.1, 0.15) is 0 Å². The van der Waals surface area contributed by atoms with Gasteiger partial charge in [0.25, 0.3) is 0 Å². The van der Waals surface area contributed by atoms with Crippen molar-refractivity contribution in [3.05, 3.63) is 58.1 Å². The molecule has 2 aromatic rings. The number of aromatic hydroxyl groups is 1. The number of rotatable bonds is 4. The van der Waals surface area contributed by atoms with E-state index in [1.807, 2.05) is 6.92 Å². The van der Waals surface area contributed by atoms with Crippen LogP contribution in [0.3, 0.4) is 0 Å². The van der Waals surface area contributed by atoms with Crippen molar-refractivity contribution in [2.24, 2.45) is 0 Å². The molecule has 0 saturated heterocycles. The third kappa shape index (κ3) is 3.40. The van der Waals surface area contributed by atoms with Crippen LogP contribution >= 0.6 is 11.6 Å². The molecule has 0 aliphatic rings. The highest BCUT2D eigenvalue weighted by molar-refractivity contribution is 6.32. The van der Waals surface area contributed by atoms with Crippen molar-refractivity contribution in [2.75, 3.05) is 7.11 Å². The van der Waals surface area contributed by atoms with Crippen molar-refractivity contribution < 1.29 is 19.7 Å². The molecule has 0 spiro atoms. The van der Waals surface area contributed by atoms with E-state index < -0.39 is 5.97 Å². The smallest absolute Gasteiger partial charge is 0.336 e. The summed E-state index contributed by atoms with van der Waals surface area (Å²) in [5, 5.41) is 19.7. The summed E-state index contributed by atoms with van der Waals surface area (Å²) in [6.07, 6.45) is 1.47. The number of methoxy groups -OCH3 is 1. The highest BCUT2D eigenvalue weighted by Gasteiger charge is 2.12. The lowest BCUT2D eigenvalue weighted by Gasteiger charge is -2.07. The Bertz CT molecular complexity index is 750. The molecule has 5 heteroatoms. The van der Waals surface area contributed by atoms with Gasteiger partial charge in [-0.15, -0.1) is 0 Å². The summed E-state index contributed by atoms with van der Waals surface area (Å²) in [6.45, 7) is 1.85. The van der Waals surface area contributed by atoms with Gasteiger partial charge in [0, 0.05) is 5.02 Å². The van der Waals surface area contributed by atoms with Crippen LogP contribution in [0.5, 0.6) is 11.5 Å². The molecule has 114 valence electrons. The van der Waals surface area contributed by atoms with Gasteiger partial charge >= 0.3 is 5.97 Å². The first-order valence-corrected chi connectivity index (χ1v) is 6.88.